The molecular weight excluding hydrogens is 370 g/mol. The fourth-order valence-corrected chi connectivity index (χ4v) is 5.65. The molecule has 0 unspecified atom stereocenters. The van der Waals surface area contributed by atoms with E-state index in [1.165, 1.54) is 64.6 Å². The third kappa shape index (κ3) is 6.71. The van der Waals surface area contributed by atoms with E-state index in [0.717, 1.165) is 12.8 Å². The van der Waals surface area contributed by atoms with Crippen LogP contribution >= 0.6 is 0 Å². The summed E-state index contributed by atoms with van der Waals surface area (Å²) < 4.78 is 0. The standard InChI is InChI=1S/C27H43NO2/c1-3-4-11-21(2)26(29)14-13-24-25-19-22(18-23(25)20-27(24)30)12-7-5-8-15-28-16-9-6-10-17-28/h13-14,18,21,23-27,29-30H,5-12,15-17,19-20H2,1-2H3/b14-13+/t21-,23-,24+,25-,26+,27+/m0/s1. The molecule has 2 N–H and O–H groups in total. The van der Waals surface area contributed by atoms with Crippen LogP contribution in [-0.2, 0) is 0 Å². The second-order valence-electron chi connectivity index (χ2n) is 9.93. The first-order valence-corrected chi connectivity index (χ1v) is 12.4. The molecule has 0 radical (unpaired) electrons. The van der Waals surface area contributed by atoms with Gasteiger partial charge in [-0.05, 0) is 89.3 Å². The van der Waals surface area contributed by atoms with Gasteiger partial charge in [-0.15, -0.1) is 11.8 Å². The van der Waals surface area contributed by atoms with Gasteiger partial charge in [0, 0.05) is 12.3 Å². The fourth-order valence-electron chi connectivity index (χ4n) is 5.65. The highest BCUT2D eigenvalue weighted by Crippen LogP contribution is 2.48. The average molecular weight is 414 g/mol. The van der Waals surface area contributed by atoms with Gasteiger partial charge in [-0.2, -0.15) is 0 Å². The zero-order valence-electron chi connectivity index (χ0n) is 19.2. The van der Waals surface area contributed by atoms with E-state index in [1.807, 2.05) is 19.9 Å². The van der Waals surface area contributed by atoms with E-state index in [2.05, 4.69) is 28.9 Å². The highest BCUT2D eigenvalue weighted by Gasteiger charge is 2.43. The van der Waals surface area contributed by atoms with Gasteiger partial charge >= 0.3 is 0 Å². The molecule has 0 aromatic heterocycles. The van der Waals surface area contributed by atoms with Gasteiger partial charge in [0.05, 0.1) is 12.2 Å². The first-order chi connectivity index (χ1) is 14.6. The van der Waals surface area contributed by atoms with Gasteiger partial charge in [0.1, 0.15) is 0 Å². The second-order valence-corrected chi connectivity index (χ2v) is 9.93. The predicted octanol–water partition coefficient (Wildman–Crippen LogP) is 4.94. The minimum atomic E-state index is -0.481. The summed E-state index contributed by atoms with van der Waals surface area (Å²) >= 11 is 0. The van der Waals surface area contributed by atoms with Crippen molar-refractivity contribution in [2.24, 2.45) is 23.7 Å². The normalized spacial score (nSPS) is 31.3. The summed E-state index contributed by atoms with van der Waals surface area (Å²) in [5.74, 6) is 7.31. The Bertz CT molecular complexity index is 637. The third-order valence-electron chi connectivity index (χ3n) is 7.59. The van der Waals surface area contributed by atoms with Crippen molar-refractivity contribution in [2.75, 3.05) is 19.6 Å². The van der Waals surface area contributed by atoms with Crippen LogP contribution in [0.2, 0.25) is 0 Å². The predicted molar refractivity (Wildman–Crippen MR) is 125 cm³/mol. The van der Waals surface area contributed by atoms with Crippen molar-refractivity contribution in [3.05, 3.63) is 23.8 Å². The molecular formula is C27H43NO2. The Morgan fingerprint density at radius 2 is 2.00 bits per heavy atom. The van der Waals surface area contributed by atoms with Gasteiger partial charge < -0.3 is 15.1 Å². The summed E-state index contributed by atoms with van der Waals surface area (Å²) in [6.07, 6.45) is 17.9. The van der Waals surface area contributed by atoms with Gasteiger partial charge in [0.15, 0.2) is 0 Å². The molecule has 1 saturated carbocycles. The Labute approximate surface area is 184 Å². The maximum atomic E-state index is 10.6. The topological polar surface area (TPSA) is 43.7 Å². The van der Waals surface area contributed by atoms with Crippen molar-refractivity contribution < 1.29 is 10.2 Å². The maximum absolute atomic E-state index is 10.6. The molecule has 0 amide bonds. The lowest BCUT2D eigenvalue weighted by atomic mass is 9.88. The fraction of sp³-hybridized carbons (Fsp3) is 0.778. The molecule has 6 atom stereocenters. The summed E-state index contributed by atoms with van der Waals surface area (Å²) in [5.41, 5.74) is 1.61. The summed E-state index contributed by atoms with van der Waals surface area (Å²) in [6, 6.07) is 0. The number of nitrogens with zero attached hydrogens (tertiary/aromatic N) is 1. The smallest absolute Gasteiger partial charge is 0.0755 e. The largest absolute Gasteiger partial charge is 0.392 e. The van der Waals surface area contributed by atoms with Crippen molar-refractivity contribution >= 4 is 0 Å². The first kappa shape index (κ1) is 23.6. The molecule has 168 valence electrons. The molecule has 1 saturated heterocycles. The molecule has 0 aromatic rings. The zero-order chi connectivity index (χ0) is 21.3. The molecule has 30 heavy (non-hydrogen) atoms. The van der Waals surface area contributed by atoms with Gasteiger partial charge in [-0.25, -0.2) is 0 Å². The molecule has 3 aliphatic rings. The third-order valence-corrected chi connectivity index (χ3v) is 7.59. The minimum Gasteiger partial charge on any atom is -0.392 e. The number of allylic oxidation sites excluding steroid dienone is 2. The van der Waals surface area contributed by atoms with Gasteiger partial charge in [-0.1, -0.05) is 43.6 Å². The zero-order valence-corrected chi connectivity index (χ0v) is 19.2. The number of aliphatic hydroxyl groups is 2. The number of rotatable bonds is 10. The van der Waals surface area contributed by atoms with Crippen molar-refractivity contribution in [3.63, 3.8) is 0 Å². The summed E-state index contributed by atoms with van der Waals surface area (Å²) in [5, 5.41) is 20.9. The SMILES string of the molecule is CC#CC[C@H](C)[C@H](O)/C=C/[C@@H]1[C@H]2CC(CCCCCN3CCCCC3)=C[C@H]2C[C@H]1O. The molecule has 0 bridgehead atoms. The van der Waals surface area contributed by atoms with Crippen LogP contribution in [0.4, 0.5) is 0 Å². The molecule has 0 aromatic carbocycles. The Hall–Kier alpha value is -1.08. The summed E-state index contributed by atoms with van der Waals surface area (Å²) in [4.78, 5) is 2.64. The van der Waals surface area contributed by atoms with E-state index in [0.29, 0.717) is 18.3 Å². The van der Waals surface area contributed by atoms with Crippen molar-refractivity contribution in [2.45, 2.75) is 90.3 Å². The van der Waals surface area contributed by atoms with E-state index in [-0.39, 0.29) is 17.9 Å². The van der Waals surface area contributed by atoms with Crippen LogP contribution in [0.3, 0.4) is 0 Å². The number of piperidine rings is 1. The van der Waals surface area contributed by atoms with E-state index in [1.54, 1.807) is 5.57 Å². The number of hydrogen-bond acceptors (Lipinski definition) is 3. The minimum absolute atomic E-state index is 0.130. The molecule has 2 fully saturated rings. The molecule has 0 spiro atoms. The van der Waals surface area contributed by atoms with E-state index >= 15 is 0 Å². The number of hydrogen-bond donors (Lipinski definition) is 2. The van der Waals surface area contributed by atoms with Crippen LogP contribution < -0.4 is 0 Å². The Kier molecular flexibility index (Phi) is 9.50. The second kappa shape index (κ2) is 12.1. The molecule has 2 aliphatic carbocycles. The van der Waals surface area contributed by atoms with E-state index < -0.39 is 6.10 Å². The monoisotopic (exact) mass is 413 g/mol. The number of fused-ring (bicyclic) bond motifs is 1. The lowest BCUT2D eigenvalue weighted by molar-refractivity contribution is 0.137. The summed E-state index contributed by atoms with van der Waals surface area (Å²) in [7, 11) is 0. The Morgan fingerprint density at radius 1 is 1.20 bits per heavy atom. The van der Waals surface area contributed by atoms with Crippen LogP contribution in [0.25, 0.3) is 0 Å². The van der Waals surface area contributed by atoms with E-state index in [4.69, 9.17) is 0 Å². The van der Waals surface area contributed by atoms with Crippen LogP contribution in [0.15, 0.2) is 23.8 Å². The maximum Gasteiger partial charge on any atom is 0.0755 e. The molecule has 3 nitrogen and oxygen atoms in total. The van der Waals surface area contributed by atoms with Crippen molar-refractivity contribution in [3.8, 4) is 11.8 Å². The molecule has 3 rings (SSSR count). The number of unbranched alkanes of at least 4 members (excludes halogenated alkanes) is 2. The average Bonchev–Trinajstić information content (AvgIpc) is 3.27. The van der Waals surface area contributed by atoms with Crippen molar-refractivity contribution in [1.29, 1.82) is 0 Å². The Balaban J connectivity index is 1.38. The van der Waals surface area contributed by atoms with Crippen LogP contribution in [0.1, 0.15) is 78.1 Å². The summed E-state index contributed by atoms with van der Waals surface area (Å²) in [6.45, 7) is 7.78. The lowest BCUT2D eigenvalue weighted by Gasteiger charge is -2.26. The van der Waals surface area contributed by atoms with Crippen LogP contribution in [0, 0.1) is 35.5 Å². The molecule has 1 heterocycles. The highest BCUT2D eigenvalue weighted by atomic mass is 16.3. The number of aliphatic hydroxyl groups excluding tert-OH is 2. The van der Waals surface area contributed by atoms with Gasteiger partial charge in [-0.3, -0.25) is 0 Å². The highest BCUT2D eigenvalue weighted by molar-refractivity contribution is 5.21. The van der Waals surface area contributed by atoms with Crippen molar-refractivity contribution in [1.82, 2.24) is 4.90 Å². The van der Waals surface area contributed by atoms with E-state index in [9.17, 15) is 10.2 Å². The van der Waals surface area contributed by atoms with Gasteiger partial charge in [0.25, 0.3) is 0 Å². The molecule has 1 aliphatic heterocycles. The quantitative estimate of drug-likeness (QED) is 0.303. The van der Waals surface area contributed by atoms with Crippen LogP contribution in [0.5, 0.6) is 0 Å². The van der Waals surface area contributed by atoms with Gasteiger partial charge in [0.2, 0.25) is 0 Å². The first-order valence-electron chi connectivity index (χ1n) is 12.4. The number of likely N-dealkylation sites (tertiary alicyclic amines) is 1. The van der Waals surface area contributed by atoms with Crippen LogP contribution in [-0.4, -0.2) is 47.0 Å². The molecule has 3 heteroatoms. The Morgan fingerprint density at radius 3 is 2.77 bits per heavy atom. The lowest BCUT2D eigenvalue weighted by Crippen LogP contribution is -2.30.